The second kappa shape index (κ2) is 5.40. The lowest BCUT2D eigenvalue weighted by Crippen LogP contribution is -1.97. The topological polar surface area (TPSA) is 67.5 Å². The molecule has 1 atom stereocenters. The maximum Gasteiger partial charge on any atom is 0.372 e. The summed E-state index contributed by atoms with van der Waals surface area (Å²) in [7, 11) is -1.24. The van der Waals surface area contributed by atoms with Gasteiger partial charge in [0.25, 0.3) is 0 Å². The van der Waals surface area contributed by atoms with E-state index in [0.29, 0.717) is 16.2 Å². The highest BCUT2D eigenvalue weighted by atomic mass is 32.2. The van der Waals surface area contributed by atoms with Gasteiger partial charge in [0.05, 0.1) is 16.6 Å². The van der Waals surface area contributed by atoms with E-state index in [9.17, 15) is 9.00 Å². The third-order valence-corrected chi connectivity index (χ3v) is 4.02. The summed E-state index contributed by atoms with van der Waals surface area (Å²) in [6, 6.07) is 9.04. The molecule has 5 heteroatoms. The van der Waals surface area contributed by atoms with E-state index in [-0.39, 0.29) is 11.5 Å². The molecule has 0 aliphatic heterocycles. The van der Waals surface area contributed by atoms with Crippen LogP contribution >= 0.6 is 0 Å². The Balaban J connectivity index is 2.20. The number of hydrogen-bond acceptors (Lipinski definition) is 3. The largest absolute Gasteiger partial charge is 0.475 e. The molecule has 2 aromatic rings. The van der Waals surface area contributed by atoms with Crippen molar-refractivity contribution in [1.29, 1.82) is 0 Å². The lowest BCUT2D eigenvalue weighted by molar-refractivity contribution is 0.0659. The first kappa shape index (κ1) is 13.5. The number of carbonyl (C=O) groups is 1. The summed E-state index contributed by atoms with van der Waals surface area (Å²) < 4.78 is 17.4. The van der Waals surface area contributed by atoms with Gasteiger partial charge < -0.3 is 9.52 Å². The van der Waals surface area contributed by atoms with Gasteiger partial charge in [-0.2, -0.15) is 0 Å². The number of carboxylic acids is 1. The Labute approximate surface area is 113 Å². The standard InChI is InChI=1S/C14H14O4S/c1-9-4-3-5-12(6-9)19(17)8-11-7-10(2)13(18-11)14(15)16/h3-7H,8H2,1-2H3,(H,15,16). The van der Waals surface area contributed by atoms with Crippen LogP contribution in [-0.4, -0.2) is 15.3 Å². The van der Waals surface area contributed by atoms with Gasteiger partial charge in [-0.3, -0.25) is 4.21 Å². The molecule has 0 amide bonds. The summed E-state index contributed by atoms with van der Waals surface area (Å²) in [4.78, 5) is 11.6. The Kier molecular flexibility index (Phi) is 3.85. The van der Waals surface area contributed by atoms with Gasteiger partial charge in [0.15, 0.2) is 0 Å². The minimum atomic E-state index is -1.24. The third-order valence-electron chi connectivity index (χ3n) is 2.69. The molecule has 1 N–H and O–H groups in total. The molecule has 0 bridgehead atoms. The van der Waals surface area contributed by atoms with E-state index >= 15 is 0 Å². The first-order chi connectivity index (χ1) is 8.97. The molecule has 0 saturated carbocycles. The number of hydrogen-bond donors (Lipinski definition) is 1. The van der Waals surface area contributed by atoms with Crippen LogP contribution in [0.2, 0.25) is 0 Å². The van der Waals surface area contributed by atoms with E-state index in [0.717, 1.165) is 5.56 Å². The van der Waals surface area contributed by atoms with Gasteiger partial charge in [-0.1, -0.05) is 12.1 Å². The van der Waals surface area contributed by atoms with Crippen LogP contribution in [0.1, 0.15) is 27.4 Å². The summed E-state index contributed by atoms with van der Waals surface area (Å²) in [6.45, 7) is 3.59. The van der Waals surface area contributed by atoms with Crippen molar-refractivity contribution in [2.45, 2.75) is 24.5 Å². The average molecular weight is 278 g/mol. The van der Waals surface area contributed by atoms with Crippen LogP contribution in [0.3, 0.4) is 0 Å². The first-order valence-electron chi connectivity index (χ1n) is 5.75. The van der Waals surface area contributed by atoms with Gasteiger partial charge >= 0.3 is 5.97 Å². The summed E-state index contributed by atoms with van der Waals surface area (Å²) in [5.41, 5.74) is 1.58. The van der Waals surface area contributed by atoms with Crippen molar-refractivity contribution in [2.75, 3.05) is 0 Å². The van der Waals surface area contributed by atoms with Crippen molar-refractivity contribution in [1.82, 2.24) is 0 Å². The molecule has 0 saturated heterocycles. The summed E-state index contributed by atoms with van der Waals surface area (Å²) >= 11 is 0. The molecule has 1 unspecified atom stereocenters. The molecule has 19 heavy (non-hydrogen) atoms. The lowest BCUT2D eigenvalue weighted by Gasteiger charge is -2.01. The Bertz CT molecular complexity index is 643. The van der Waals surface area contributed by atoms with Gasteiger partial charge in [-0.15, -0.1) is 0 Å². The minimum absolute atomic E-state index is 0.0868. The molecular formula is C14H14O4S. The SMILES string of the molecule is Cc1cccc(S(=O)Cc2cc(C)c(C(=O)O)o2)c1. The van der Waals surface area contributed by atoms with Crippen molar-refractivity contribution in [3.63, 3.8) is 0 Å². The number of aromatic carboxylic acids is 1. The van der Waals surface area contributed by atoms with E-state index < -0.39 is 16.8 Å². The first-order valence-corrected chi connectivity index (χ1v) is 7.07. The van der Waals surface area contributed by atoms with E-state index in [4.69, 9.17) is 9.52 Å². The van der Waals surface area contributed by atoms with Crippen LogP contribution in [0.5, 0.6) is 0 Å². The zero-order chi connectivity index (χ0) is 14.0. The molecule has 1 aromatic carbocycles. The summed E-state index contributed by atoms with van der Waals surface area (Å²) in [6.07, 6.45) is 0. The number of aryl methyl sites for hydroxylation is 2. The monoisotopic (exact) mass is 278 g/mol. The Hall–Kier alpha value is -1.88. The number of benzene rings is 1. The van der Waals surface area contributed by atoms with Gasteiger partial charge in [-0.05, 0) is 37.6 Å². The second-order valence-electron chi connectivity index (χ2n) is 4.34. The fraction of sp³-hybridized carbons (Fsp3) is 0.214. The molecule has 1 heterocycles. The van der Waals surface area contributed by atoms with Crippen molar-refractivity contribution >= 4 is 16.8 Å². The van der Waals surface area contributed by atoms with Crippen LogP contribution in [0, 0.1) is 13.8 Å². The molecule has 1 aromatic heterocycles. The molecule has 0 fully saturated rings. The summed E-state index contributed by atoms with van der Waals surface area (Å²) in [5, 5.41) is 8.90. The Morgan fingerprint density at radius 2 is 2.05 bits per heavy atom. The minimum Gasteiger partial charge on any atom is -0.475 e. The van der Waals surface area contributed by atoms with Crippen molar-refractivity contribution in [2.24, 2.45) is 0 Å². The molecule has 0 spiro atoms. The van der Waals surface area contributed by atoms with Gasteiger partial charge in [0.2, 0.25) is 5.76 Å². The Morgan fingerprint density at radius 3 is 2.63 bits per heavy atom. The number of rotatable bonds is 4. The summed E-state index contributed by atoms with van der Waals surface area (Å²) in [5.74, 6) is -0.589. The lowest BCUT2D eigenvalue weighted by atomic mass is 10.2. The van der Waals surface area contributed by atoms with Crippen molar-refractivity contribution in [3.05, 3.63) is 53.0 Å². The number of furan rings is 1. The van der Waals surface area contributed by atoms with Crippen LogP contribution in [-0.2, 0) is 16.6 Å². The maximum absolute atomic E-state index is 12.2. The van der Waals surface area contributed by atoms with Crippen molar-refractivity contribution in [3.8, 4) is 0 Å². The molecule has 0 radical (unpaired) electrons. The van der Waals surface area contributed by atoms with E-state index in [2.05, 4.69) is 0 Å². The van der Waals surface area contributed by atoms with Crippen LogP contribution in [0.4, 0.5) is 0 Å². The van der Waals surface area contributed by atoms with Crippen LogP contribution in [0.25, 0.3) is 0 Å². The molecule has 4 nitrogen and oxygen atoms in total. The van der Waals surface area contributed by atoms with Crippen LogP contribution in [0.15, 0.2) is 39.6 Å². The fourth-order valence-electron chi connectivity index (χ4n) is 1.80. The molecule has 0 aliphatic carbocycles. The number of carboxylic acid groups (broad SMARTS) is 1. The molecule has 0 aliphatic rings. The van der Waals surface area contributed by atoms with Gasteiger partial charge in [0.1, 0.15) is 5.76 Å². The van der Waals surface area contributed by atoms with Gasteiger partial charge in [-0.25, -0.2) is 4.79 Å². The van der Waals surface area contributed by atoms with Crippen molar-refractivity contribution < 1.29 is 18.5 Å². The quantitative estimate of drug-likeness (QED) is 0.933. The van der Waals surface area contributed by atoms with E-state index in [1.54, 1.807) is 19.1 Å². The second-order valence-corrected chi connectivity index (χ2v) is 5.79. The Morgan fingerprint density at radius 1 is 1.32 bits per heavy atom. The molecular weight excluding hydrogens is 264 g/mol. The predicted molar refractivity (Wildman–Crippen MR) is 71.7 cm³/mol. The molecule has 2 rings (SSSR count). The zero-order valence-electron chi connectivity index (χ0n) is 10.7. The normalized spacial score (nSPS) is 12.3. The maximum atomic E-state index is 12.2. The third kappa shape index (κ3) is 3.12. The highest BCUT2D eigenvalue weighted by Gasteiger charge is 2.16. The fourth-order valence-corrected chi connectivity index (χ4v) is 2.92. The average Bonchev–Trinajstić information content (AvgIpc) is 2.70. The van der Waals surface area contributed by atoms with Crippen LogP contribution < -0.4 is 0 Å². The van der Waals surface area contributed by atoms with E-state index in [1.807, 2.05) is 25.1 Å². The highest BCUT2D eigenvalue weighted by Crippen LogP contribution is 2.19. The predicted octanol–water partition coefficient (Wildman–Crippen LogP) is 2.90. The smallest absolute Gasteiger partial charge is 0.372 e. The highest BCUT2D eigenvalue weighted by molar-refractivity contribution is 7.84. The zero-order valence-corrected chi connectivity index (χ0v) is 11.5. The van der Waals surface area contributed by atoms with E-state index in [1.165, 1.54) is 0 Å². The van der Waals surface area contributed by atoms with Gasteiger partial charge in [0, 0.05) is 10.5 Å². The molecule has 100 valence electrons.